The van der Waals surface area contributed by atoms with E-state index in [-0.39, 0.29) is 0 Å². The first-order valence-electron chi connectivity index (χ1n) is 5.73. The van der Waals surface area contributed by atoms with Crippen molar-refractivity contribution in [2.75, 3.05) is 0 Å². The van der Waals surface area contributed by atoms with Gasteiger partial charge in [0.05, 0.1) is 5.60 Å². The highest BCUT2D eigenvalue weighted by Crippen LogP contribution is 2.47. The summed E-state index contributed by atoms with van der Waals surface area (Å²) in [6.45, 7) is 8.28. The van der Waals surface area contributed by atoms with Gasteiger partial charge in [0, 0.05) is 0 Å². The van der Waals surface area contributed by atoms with Gasteiger partial charge in [-0.3, -0.25) is 0 Å². The van der Waals surface area contributed by atoms with E-state index in [0.29, 0.717) is 5.92 Å². The molecule has 2 rings (SSSR count). The Morgan fingerprint density at radius 3 is 2.00 bits per heavy atom. The van der Waals surface area contributed by atoms with E-state index >= 15 is 0 Å². The first kappa shape index (κ1) is 10.7. The molecule has 0 heterocycles. The molecule has 1 N–H and O–H groups in total. The summed E-state index contributed by atoms with van der Waals surface area (Å²) < 4.78 is 0. The summed E-state index contributed by atoms with van der Waals surface area (Å²) in [7, 11) is 0. The van der Waals surface area contributed by atoms with Crippen LogP contribution in [0.4, 0.5) is 0 Å². The Morgan fingerprint density at radius 2 is 1.60 bits per heavy atom. The minimum atomic E-state index is -0.623. The summed E-state index contributed by atoms with van der Waals surface area (Å²) in [6.07, 6.45) is 2.33. The molecule has 0 amide bonds. The Labute approximate surface area is 92.1 Å². The Bertz CT molecular complexity index is 363. The van der Waals surface area contributed by atoms with Gasteiger partial charge in [0.15, 0.2) is 0 Å². The second kappa shape index (κ2) is 3.34. The zero-order valence-electron chi connectivity index (χ0n) is 10.1. The molecule has 1 aliphatic rings. The van der Waals surface area contributed by atoms with Crippen molar-refractivity contribution in [1.29, 1.82) is 0 Å². The molecular weight excluding hydrogens is 184 g/mol. The third kappa shape index (κ3) is 1.81. The third-order valence-corrected chi connectivity index (χ3v) is 3.56. The minimum absolute atomic E-state index is 0.470. The van der Waals surface area contributed by atoms with Crippen molar-refractivity contribution < 1.29 is 5.11 Å². The van der Waals surface area contributed by atoms with Crippen LogP contribution in [0.15, 0.2) is 12.1 Å². The smallest absolute Gasteiger partial charge is 0.0901 e. The Morgan fingerprint density at radius 1 is 1.13 bits per heavy atom. The van der Waals surface area contributed by atoms with Crippen LogP contribution in [0.2, 0.25) is 0 Å². The lowest BCUT2D eigenvalue weighted by Gasteiger charge is -2.28. The van der Waals surface area contributed by atoms with Crippen LogP contribution < -0.4 is 0 Å². The largest absolute Gasteiger partial charge is 0.385 e. The van der Waals surface area contributed by atoms with E-state index in [0.717, 1.165) is 5.56 Å². The lowest BCUT2D eigenvalue weighted by Crippen LogP contribution is -2.26. The lowest BCUT2D eigenvalue weighted by atomic mass is 9.84. The lowest BCUT2D eigenvalue weighted by molar-refractivity contribution is 0.0318. The van der Waals surface area contributed by atoms with E-state index in [1.54, 1.807) is 0 Å². The quantitative estimate of drug-likeness (QED) is 0.784. The van der Waals surface area contributed by atoms with Crippen molar-refractivity contribution in [3.8, 4) is 0 Å². The summed E-state index contributed by atoms with van der Waals surface area (Å²) >= 11 is 0. The molecule has 1 aromatic carbocycles. The first-order chi connectivity index (χ1) is 6.93. The number of aryl methyl sites for hydroxylation is 3. The Hall–Kier alpha value is -0.820. The highest BCUT2D eigenvalue weighted by Gasteiger charge is 2.42. The number of benzene rings is 1. The van der Waals surface area contributed by atoms with Crippen molar-refractivity contribution >= 4 is 0 Å². The molecule has 1 aliphatic carbocycles. The van der Waals surface area contributed by atoms with Crippen LogP contribution in [-0.4, -0.2) is 5.11 Å². The summed E-state index contributed by atoms with van der Waals surface area (Å²) in [5.41, 5.74) is 4.26. The highest BCUT2D eigenvalue weighted by atomic mass is 16.3. The second-order valence-corrected chi connectivity index (χ2v) is 5.20. The summed E-state index contributed by atoms with van der Waals surface area (Å²) in [5, 5.41) is 10.6. The van der Waals surface area contributed by atoms with Crippen LogP contribution in [0, 0.1) is 26.7 Å². The predicted octanol–water partition coefficient (Wildman–Crippen LogP) is 3.23. The van der Waals surface area contributed by atoms with Crippen LogP contribution in [0.1, 0.15) is 42.0 Å². The Kier molecular flexibility index (Phi) is 2.38. The number of aliphatic hydroxyl groups is 1. The number of rotatable bonds is 2. The van der Waals surface area contributed by atoms with Gasteiger partial charge in [-0.1, -0.05) is 17.7 Å². The molecule has 1 aromatic rings. The zero-order valence-corrected chi connectivity index (χ0v) is 10.1. The molecule has 0 spiro atoms. The Balaban J connectivity index is 2.51. The van der Waals surface area contributed by atoms with Gasteiger partial charge in [0.1, 0.15) is 0 Å². The van der Waals surface area contributed by atoms with Gasteiger partial charge in [-0.05, 0) is 63.1 Å². The van der Waals surface area contributed by atoms with Crippen LogP contribution in [0.3, 0.4) is 0 Å². The SMILES string of the molecule is Cc1cc(C)c(C(C)(O)C2CC2)c(C)c1. The van der Waals surface area contributed by atoms with E-state index in [9.17, 15) is 5.11 Å². The highest BCUT2D eigenvalue weighted by molar-refractivity contribution is 5.42. The molecule has 1 unspecified atom stereocenters. The molecule has 1 heteroatoms. The maximum Gasteiger partial charge on any atom is 0.0901 e. The van der Waals surface area contributed by atoms with Crippen molar-refractivity contribution in [2.24, 2.45) is 5.92 Å². The van der Waals surface area contributed by atoms with E-state index in [2.05, 4.69) is 32.9 Å². The van der Waals surface area contributed by atoms with Gasteiger partial charge >= 0.3 is 0 Å². The molecule has 0 radical (unpaired) electrons. The zero-order chi connectivity index (χ0) is 11.2. The van der Waals surface area contributed by atoms with E-state index in [1.165, 1.54) is 29.5 Å². The van der Waals surface area contributed by atoms with Crippen molar-refractivity contribution in [3.05, 3.63) is 34.4 Å². The van der Waals surface area contributed by atoms with E-state index in [1.807, 2.05) is 6.92 Å². The average molecular weight is 204 g/mol. The molecule has 1 saturated carbocycles. The van der Waals surface area contributed by atoms with Gasteiger partial charge in [0.25, 0.3) is 0 Å². The first-order valence-corrected chi connectivity index (χ1v) is 5.73. The fraction of sp³-hybridized carbons (Fsp3) is 0.571. The van der Waals surface area contributed by atoms with Gasteiger partial charge < -0.3 is 5.11 Å². The topological polar surface area (TPSA) is 20.2 Å². The van der Waals surface area contributed by atoms with Crippen LogP contribution in [-0.2, 0) is 5.60 Å². The average Bonchev–Trinajstić information content (AvgIpc) is 2.81. The molecule has 0 aliphatic heterocycles. The molecule has 15 heavy (non-hydrogen) atoms. The number of hydrogen-bond acceptors (Lipinski definition) is 1. The van der Waals surface area contributed by atoms with Crippen molar-refractivity contribution in [1.82, 2.24) is 0 Å². The molecule has 1 nitrogen and oxygen atoms in total. The van der Waals surface area contributed by atoms with Gasteiger partial charge in [-0.25, -0.2) is 0 Å². The van der Waals surface area contributed by atoms with Crippen LogP contribution in [0.5, 0.6) is 0 Å². The predicted molar refractivity (Wildman–Crippen MR) is 62.9 cm³/mol. The van der Waals surface area contributed by atoms with Crippen molar-refractivity contribution in [2.45, 2.75) is 46.1 Å². The fourth-order valence-corrected chi connectivity index (χ4v) is 2.83. The molecule has 0 saturated heterocycles. The van der Waals surface area contributed by atoms with Gasteiger partial charge in [0.2, 0.25) is 0 Å². The molecule has 1 fully saturated rings. The van der Waals surface area contributed by atoms with E-state index < -0.39 is 5.60 Å². The summed E-state index contributed by atoms with van der Waals surface area (Å²) in [6, 6.07) is 4.33. The summed E-state index contributed by atoms with van der Waals surface area (Å²) in [4.78, 5) is 0. The second-order valence-electron chi connectivity index (χ2n) is 5.20. The molecule has 0 bridgehead atoms. The van der Waals surface area contributed by atoms with Crippen LogP contribution in [0.25, 0.3) is 0 Å². The monoisotopic (exact) mass is 204 g/mol. The maximum atomic E-state index is 10.6. The molecular formula is C14H20O. The van der Waals surface area contributed by atoms with Gasteiger partial charge in [-0.2, -0.15) is 0 Å². The van der Waals surface area contributed by atoms with Crippen molar-refractivity contribution in [3.63, 3.8) is 0 Å². The normalized spacial score (nSPS) is 20.1. The summed E-state index contributed by atoms with van der Waals surface area (Å²) in [5.74, 6) is 0.470. The number of hydrogen-bond donors (Lipinski definition) is 1. The molecule has 0 aromatic heterocycles. The standard InChI is InChI=1S/C14H20O/c1-9-7-10(2)13(11(3)8-9)14(4,15)12-5-6-12/h7-8,12,15H,5-6H2,1-4H3. The fourth-order valence-electron chi connectivity index (χ4n) is 2.83. The minimum Gasteiger partial charge on any atom is -0.385 e. The van der Waals surface area contributed by atoms with Gasteiger partial charge in [-0.15, -0.1) is 0 Å². The third-order valence-electron chi connectivity index (χ3n) is 3.56. The molecule has 1 atom stereocenters. The maximum absolute atomic E-state index is 10.6. The molecule has 82 valence electrons. The van der Waals surface area contributed by atoms with Crippen LogP contribution >= 0.6 is 0 Å². The van der Waals surface area contributed by atoms with E-state index in [4.69, 9.17) is 0 Å².